The number of nitrogens with zero attached hydrogens (tertiary/aromatic N) is 7. The number of nitrogens with one attached hydrogen (secondary N) is 4. The van der Waals surface area contributed by atoms with Gasteiger partial charge in [-0.25, -0.2) is 29.5 Å². The Morgan fingerprint density at radius 1 is 0.889 bits per heavy atom. The van der Waals surface area contributed by atoms with Crippen molar-refractivity contribution in [2.45, 2.75) is 52.7 Å². The second-order valence-corrected chi connectivity index (χ2v) is 22.0. The summed E-state index contributed by atoms with van der Waals surface area (Å²) in [5, 5.41) is 25.2. The number of nitrogens with two attached hydrogens (primary N) is 1. The standard InChI is InChI=1S/C16H16ClN5O2.C15H14N4.C10H8BrNO.C9H5BrO2S.C4H9NO.C4H11NO/c1-16(2,3)24-15(23)22-12-5-4-11(8-10(12)9-19-22)20-13-6-7-18-14(17)21-13;1-11-17-9-7-15(18-11)19-14-4-2-12(3-5-14)13-6-8-16-10-13;1-6(13)9-4-7-2-3-8(11)5-10(7)12-9;10-6-2-1-5-3-8(9(11)12)13-7(5)4-6;5-4-1-2-6-3-4;1-5-3-4-6-2/h4-9H,1-3H3,(H,18,20,21);2-7,9-10H,8H2,1H3,(H,17,18,19);2-5,12H,1H3;1-4H,(H,11,12);4H,1-3,5H2;5H,3-4H2,1-2H3. The molecule has 81 heavy (non-hydrogen) atoms. The maximum absolute atomic E-state index is 12.2. The van der Waals surface area contributed by atoms with Gasteiger partial charge in [0.15, 0.2) is 5.78 Å². The number of ketones is 1. The van der Waals surface area contributed by atoms with Gasteiger partial charge in [0, 0.05) is 93.1 Å². The maximum Gasteiger partial charge on any atom is 0.435 e. The predicted molar refractivity (Wildman–Crippen MR) is 331 cm³/mol. The molecule has 23 heteroatoms. The number of likely N-dealkylation sites (N-methyl/N-ethyl adjacent to an activating group) is 1. The number of carbonyl (C=O) groups excluding carboxylic acids is 2. The van der Waals surface area contributed by atoms with Crippen molar-refractivity contribution < 1.29 is 33.7 Å². The highest BCUT2D eigenvalue weighted by molar-refractivity contribution is 9.10. The van der Waals surface area contributed by atoms with Gasteiger partial charge in [0.1, 0.15) is 27.9 Å². The number of aromatic amines is 1. The summed E-state index contributed by atoms with van der Waals surface area (Å²) in [6, 6.07) is 32.8. The zero-order valence-electron chi connectivity index (χ0n) is 45.7. The van der Waals surface area contributed by atoms with Crippen molar-refractivity contribution in [2.24, 2.45) is 10.7 Å². The lowest BCUT2D eigenvalue weighted by Gasteiger charge is -2.19. The number of carboxylic acid groups (broad SMARTS) is 1. The maximum atomic E-state index is 12.2. The largest absolute Gasteiger partial charge is 0.477 e. The fourth-order valence-corrected chi connectivity index (χ4v) is 9.20. The number of aliphatic imine (C=N–C) groups is 1. The molecular formula is C58H63Br2ClN12O7S. The highest BCUT2D eigenvalue weighted by Gasteiger charge is 2.20. The molecule has 11 rings (SSSR count). The van der Waals surface area contributed by atoms with Crippen LogP contribution >= 0.6 is 54.8 Å². The van der Waals surface area contributed by atoms with E-state index in [2.05, 4.69) is 101 Å². The molecule has 0 bridgehead atoms. The summed E-state index contributed by atoms with van der Waals surface area (Å²) in [6.45, 7) is 13.0. The number of H-pyrrole nitrogens is 1. The molecule has 2 aliphatic heterocycles. The van der Waals surface area contributed by atoms with E-state index < -0.39 is 17.7 Å². The lowest BCUT2D eigenvalue weighted by atomic mass is 10.1. The summed E-state index contributed by atoms with van der Waals surface area (Å²) in [5.74, 6) is 1.34. The molecule has 0 spiro atoms. The van der Waals surface area contributed by atoms with Crippen LogP contribution in [0.1, 0.15) is 65.7 Å². The number of halogens is 3. The number of benzene rings is 4. The Balaban J connectivity index is 0.000000166. The summed E-state index contributed by atoms with van der Waals surface area (Å²) in [5.41, 5.74) is 11.3. The highest BCUT2D eigenvalue weighted by Crippen LogP contribution is 2.29. The number of aryl methyl sites for hydroxylation is 1. The number of carbonyl (C=O) groups is 3. The molecule has 1 saturated heterocycles. The molecule has 1 atom stereocenters. The SMILES string of the molecule is CC(=O)c1cc2ccc(Br)cc2[nH]1.CC(C)(C)OC(=O)n1ncc2cc(Nc3ccnc(Cl)n3)ccc21.CNCCOC.Cc1nccc(Nc2ccc(C3=CCN=C3)cc2)n1.NC1CCOC1.O=C(O)c1cc2ccc(Br)cc2s1. The third-order valence-electron chi connectivity index (χ3n) is 11.1. The van der Waals surface area contributed by atoms with Crippen molar-refractivity contribution in [1.29, 1.82) is 0 Å². The summed E-state index contributed by atoms with van der Waals surface area (Å²) in [6.07, 6.45) is 9.49. The third-order valence-corrected chi connectivity index (χ3v) is 13.4. The van der Waals surface area contributed by atoms with E-state index in [9.17, 15) is 14.4 Å². The molecule has 0 amide bonds. The number of ether oxygens (including phenoxy) is 3. The topological polar surface area (TPSA) is 259 Å². The molecule has 1 unspecified atom stereocenters. The highest BCUT2D eigenvalue weighted by atomic mass is 79.9. The number of anilines is 4. The second kappa shape index (κ2) is 31.1. The van der Waals surface area contributed by atoms with Crippen molar-refractivity contribution in [2.75, 3.05) is 57.7 Å². The second-order valence-electron chi connectivity index (χ2n) is 18.8. The van der Waals surface area contributed by atoms with Crippen LogP contribution in [-0.2, 0) is 14.2 Å². The van der Waals surface area contributed by atoms with Gasteiger partial charge >= 0.3 is 12.1 Å². The van der Waals surface area contributed by atoms with Gasteiger partial charge in [-0.2, -0.15) is 9.78 Å². The van der Waals surface area contributed by atoms with Crippen LogP contribution < -0.4 is 21.7 Å². The normalized spacial score (nSPS) is 13.2. The quantitative estimate of drug-likeness (QED) is 0.0422. The molecule has 7 N–H and O–H groups in total. The van der Waals surface area contributed by atoms with E-state index in [-0.39, 0.29) is 11.1 Å². The van der Waals surface area contributed by atoms with Crippen molar-refractivity contribution >= 4 is 139 Å². The van der Waals surface area contributed by atoms with Gasteiger partial charge < -0.3 is 46.0 Å². The Hall–Kier alpha value is -7.28. The van der Waals surface area contributed by atoms with E-state index in [1.165, 1.54) is 27.2 Å². The summed E-state index contributed by atoms with van der Waals surface area (Å²) in [4.78, 5) is 57.8. The fourth-order valence-electron chi connectivity index (χ4n) is 7.24. The van der Waals surface area contributed by atoms with Crippen molar-refractivity contribution in [3.63, 3.8) is 0 Å². The van der Waals surface area contributed by atoms with Crippen LogP contribution in [0.4, 0.5) is 27.8 Å². The number of aromatic nitrogens is 7. The number of thiophene rings is 1. The van der Waals surface area contributed by atoms with Gasteiger partial charge in [0.2, 0.25) is 5.28 Å². The average molecular weight is 1270 g/mol. The Bertz CT molecular complexity index is 3500. The molecular weight excluding hydrogens is 1200 g/mol. The zero-order valence-corrected chi connectivity index (χ0v) is 50.4. The predicted octanol–water partition coefficient (Wildman–Crippen LogP) is 13.1. The first-order valence-corrected chi connectivity index (χ1v) is 28.1. The van der Waals surface area contributed by atoms with Gasteiger partial charge in [-0.15, -0.1) is 11.3 Å². The van der Waals surface area contributed by atoms with Gasteiger partial charge in [-0.3, -0.25) is 9.79 Å². The monoisotopic (exact) mass is 1260 g/mol. The summed E-state index contributed by atoms with van der Waals surface area (Å²) >= 11 is 13.8. The number of carboxylic acids is 1. The lowest BCUT2D eigenvalue weighted by Crippen LogP contribution is -2.27. The van der Waals surface area contributed by atoms with Crippen LogP contribution in [0, 0.1) is 6.92 Å². The molecule has 424 valence electrons. The number of Topliss-reactive ketones (excluding diaryl/α,β-unsaturated/α-hetero) is 1. The first kappa shape index (κ1) is 62.9. The summed E-state index contributed by atoms with van der Waals surface area (Å²) in [7, 11) is 3.59. The third kappa shape index (κ3) is 20.6. The van der Waals surface area contributed by atoms with E-state index in [4.69, 9.17) is 36.7 Å². The first-order chi connectivity index (χ1) is 38.8. The van der Waals surface area contributed by atoms with Gasteiger partial charge in [-0.1, -0.05) is 62.2 Å². The molecule has 4 aromatic carbocycles. The first-order valence-electron chi connectivity index (χ1n) is 25.3. The van der Waals surface area contributed by atoms with Crippen LogP contribution in [0.3, 0.4) is 0 Å². The Morgan fingerprint density at radius 2 is 1.58 bits per heavy atom. The fraction of sp³-hybridized carbons (Fsp3) is 0.259. The van der Waals surface area contributed by atoms with Crippen LogP contribution in [0.25, 0.3) is 37.5 Å². The number of methoxy groups -OCH3 is 1. The molecule has 2 aliphatic rings. The molecule has 1 fully saturated rings. The van der Waals surface area contributed by atoms with Crippen molar-refractivity contribution in [3.8, 4) is 0 Å². The number of allylic oxidation sites excluding steroid dienone is 1. The smallest absolute Gasteiger partial charge is 0.435 e. The minimum Gasteiger partial charge on any atom is -0.477 e. The van der Waals surface area contributed by atoms with Crippen LogP contribution in [0.5, 0.6) is 0 Å². The van der Waals surface area contributed by atoms with Gasteiger partial charge in [0.25, 0.3) is 0 Å². The molecule has 19 nitrogen and oxygen atoms in total. The summed E-state index contributed by atoms with van der Waals surface area (Å²) < 4.78 is 19.2. The van der Waals surface area contributed by atoms with E-state index >= 15 is 0 Å². The molecule has 5 aromatic heterocycles. The molecule has 0 radical (unpaired) electrons. The molecule has 9 aromatic rings. The van der Waals surface area contributed by atoms with Crippen molar-refractivity contribution in [3.05, 3.63) is 164 Å². The van der Waals surface area contributed by atoms with E-state index in [0.29, 0.717) is 27.9 Å². The number of aromatic carboxylic acids is 1. The van der Waals surface area contributed by atoms with Crippen LogP contribution in [-0.4, -0.2) is 123 Å². The average Bonchev–Trinajstić information content (AvgIpc) is 4.33. The van der Waals surface area contributed by atoms with E-state index in [0.717, 1.165) is 97.7 Å². The minimum absolute atomic E-state index is 0.0623. The molecule has 0 aliphatic carbocycles. The van der Waals surface area contributed by atoms with E-state index in [1.54, 1.807) is 50.8 Å². The van der Waals surface area contributed by atoms with Crippen LogP contribution in [0.2, 0.25) is 5.28 Å². The Morgan fingerprint density at radius 3 is 2.17 bits per heavy atom. The minimum atomic E-state index is -0.864. The van der Waals surface area contributed by atoms with Crippen LogP contribution in [0.15, 0.2) is 142 Å². The van der Waals surface area contributed by atoms with E-state index in [1.807, 2.05) is 114 Å². The molecule has 7 heterocycles. The van der Waals surface area contributed by atoms with Gasteiger partial charge in [0.05, 0.1) is 37.2 Å². The zero-order chi connectivity index (χ0) is 58.5. The Kier molecular flexibility index (Phi) is 24.1. The number of hydrogen-bond donors (Lipinski definition) is 6. The number of fused-ring (bicyclic) bond motifs is 3. The molecule has 0 saturated carbocycles. The number of rotatable bonds is 10. The number of hydrogen-bond acceptors (Lipinski definition) is 17. The lowest BCUT2D eigenvalue weighted by molar-refractivity contribution is 0.0522. The van der Waals surface area contributed by atoms with Gasteiger partial charge in [-0.05, 0) is 148 Å². The van der Waals surface area contributed by atoms with Crippen molar-refractivity contribution in [1.82, 2.24) is 40.0 Å². The Labute approximate surface area is 495 Å².